The molecule has 72 heavy (non-hydrogen) atoms. The molecular weight excluding hydrogens is 919 g/mol. The minimum Gasteiger partial charge on any atom is -0.444 e. The van der Waals surface area contributed by atoms with Crippen LogP contribution in [0.5, 0.6) is 0 Å². The van der Waals surface area contributed by atoms with E-state index in [1.54, 1.807) is 32.9 Å². The van der Waals surface area contributed by atoms with Crippen LogP contribution in [0.15, 0.2) is 54.6 Å². The Hall–Kier alpha value is -5.59. The lowest BCUT2D eigenvalue weighted by Gasteiger charge is -2.27. The highest BCUT2D eigenvalue weighted by Crippen LogP contribution is 2.22. The van der Waals surface area contributed by atoms with E-state index in [4.69, 9.17) is 4.74 Å². The van der Waals surface area contributed by atoms with Gasteiger partial charge in [0.2, 0.25) is 29.5 Å². The van der Waals surface area contributed by atoms with Crippen LogP contribution in [0.2, 0.25) is 0 Å². The number of alkyl carbamates (subject to hydrolysis) is 1. The van der Waals surface area contributed by atoms with Crippen molar-refractivity contribution in [3.8, 4) is 0 Å². The van der Waals surface area contributed by atoms with Gasteiger partial charge in [0.05, 0.1) is 6.61 Å². The van der Waals surface area contributed by atoms with Crippen molar-refractivity contribution in [1.82, 2.24) is 47.0 Å². The van der Waals surface area contributed by atoms with Crippen molar-refractivity contribution < 1.29 is 43.4 Å². The maximum absolute atomic E-state index is 14.1. The molecule has 2 aromatic rings. The number of carbonyl (C=O) groups is 7. The summed E-state index contributed by atoms with van der Waals surface area (Å²) in [5, 5.41) is 29.6. The fourth-order valence-corrected chi connectivity index (χ4v) is 7.68. The van der Waals surface area contributed by atoms with Crippen LogP contribution >= 0.6 is 0 Å². The second-order valence-corrected chi connectivity index (χ2v) is 21.0. The van der Waals surface area contributed by atoms with E-state index < -0.39 is 84.0 Å². The first-order valence-corrected chi connectivity index (χ1v) is 25.8. The van der Waals surface area contributed by atoms with Gasteiger partial charge in [-0.2, -0.15) is 0 Å². The van der Waals surface area contributed by atoms with Gasteiger partial charge in [-0.3, -0.25) is 28.8 Å². The maximum atomic E-state index is 14.1. The average molecular weight is 1010 g/mol. The summed E-state index contributed by atoms with van der Waals surface area (Å²) in [5.74, 6) is -3.63. The SMILES string of the molecule is CCN(CC)CCCC[C@H](NC(=O)[C@H](CC(C)C)NC(=O)[C@H](C)NC(=O)[C@H](Cc1ccccc1)NC(=O)c1ccc(C(C)(C)C)cc1)C(=O)N[C@@H](CO)C(=O)NCCCN(C)CCCNC(=O)OC(C)(C)C. The van der Waals surface area contributed by atoms with Gasteiger partial charge in [-0.05, 0) is 141 Å². The lowest BCUT2D eigenvalue weighted by molar-refractivity contribution is -0.135. The molecule has 0 fully saturated rings. The fourth-order valence-electron chi connectivity index (χ4n) is 7.68. The number of aliphatic hydroxyl groups is 1. The van der Waals surface area contributed by atoms with Gasteiger partial charge in [-0.1, -0.05) is 90.9 Å². The predicted molar refractivity (Wildman–Crippen MR) is 282 cm³/mol. The largest absolute Gasteiger partial charge is 0.444 e. The number of amides is 7. The first-order chi connectivity index (χ1) is 33.9. The molecule has 2 aromatic carbocycles. The standard InChI is InChI=1S/C54H89N9O9/c1-13-63(14-2)33-19-18-24-42(49(68)61-45(36-64)48(67)55-29-20-31-62(12)32-21-30-56-52(71)72-54(9,10)11)58-51(70)43(34-37(3)4)59-46(65)38(5)57-50(69)44(35-39-22-16-15-17-23-39)60-47(66)40-25-27-41(28-26-40)53(6,7)8/h15-17,22-23,25-28,37-38,42-45,64H,13-14,18-21,24,29-36H2,1-12H3,(H,55,67)(H,56,71)(H,57,69)(H,58,70)(H,59,65)(H,60,66)(H,61,68)/t38-,42-,43-,44-,45-/m0/s1. The highest BCUT2D eigenvalue weighted by Gasteiger charge is 2.32. The molecule has 0 radical (unpaired) electrons. The fraction of sp³-hybridized carbons (Fsp3) is 0.648. The molecule has 0 spiro atoms. The number of unbranched alkanes of at least 4 members (excludes halogenated alkanes) is 1. The van der Waals surface area contributed by atoms with Crippen molar-refractivity contribution in [1.29, 1.82) is 0 Å². The zero-order valence-electron chi connectivity index (χ0n) is 45.4. The van der Waals surface area contributed by atoms with Crippen LogP contribution in [-0.4, -0.2) is 152 Å². The molecule has 0 saturated carbocycles. The molecule has 0 aliphatic rings. The lowest BCUT2D eigenvalue weighted by Crippen LogP contribution is -2.59. The number of carbonyl (C=O) groups excluding carboxylic acids is 7. The summed E-state index contributed by atoms with van der Waals surface area (Å²) >= 11 is 0. The topological polar surface area (TPSA) is 240 Å². The smallest absolute Gasteiger partial charge is 0.407 e. The Balaban J connectivity index is 2.14. The van der Waals surface area contributed by atoms with Crippen molar-refractivity contribution in [3.05, 3.63) is 71.3 Å². The molecule has 0 aliphatic heterocycles. The quantitative estimate of drug-likeness (QED) is 0.0499. The normalized spacial score (nSPS) is 13.8. The number of nitrogens with one attached hydrogen (secondary N) is 7. The van der Waals surface area contributed by atoms with E-state index in [0.29, 0.717) is 44.5 Å². The van der Waals surface area contributed by atoms with Gasteiger partial charge in [0.1, 0.15) is 35.8 Å². The van der Waals surface area contributed by atoms with Gasteiger partial charge in [0.25, 0.3) is 5.91 Å². The first kappa shape index (κ1) is 62.5. The van der Waals surface area contributed by atoms with Gasteiger partial charge in [0, 0.05) is 25.1 Å². The van der Waals surface area contributed by atoms with E-state index in [1.807, 2.05) is 63.4 Å². The van der Waals surface area contributed by atoms with Crippen molar-refractivity contribution in [2.45, 2.75) is 162 Å². The molecule has 404 valence electrons. The molecule has 0 aliphatic carbocycles. The number of rotatable bonds is 31. The maximum Gasteiger partial charge on any atom is 0.407 e. The number of ether oxygens (including phenoxy) is 1. The molecule has 18 heteroatoms. The Labute approximate surface area is 429 Å². The molecule has 0 unspecified atom stereocenters. The Morgan fingerprint density at radius 2 is 1.17 bits per heavy atom. The predicted octanol–water partition coefficient (Wildman–Crippen LogP) is 4.19. The third-order valence-corrected chi connectivity index (χ3v) is 12.0. The number of benzene rings is 2. The van der Waals surface area contributed by atoms with E-state index in [0.717, 1.165) is 37.2 Å². The molecule has 0 aromatic heterocycles. The van der Waals surface area contributed by atoms with Crippen molar-refractivity contribution in [2.75, 3.05) is 59.5 Å². The van der Waals surface area contributed by atoms with Crippen LogP contribution in [0, 0.1) is 5.92 Å². The third kappa shape index (κ3) is 24.7. The summed E-state index contributed by atoms with van der Waals surface area (Å²) in [6.07, 6.45) is 2.69. The minimum absolute atomic E-state index is 0.0707. The summed E-state index contributed by atoms with van der Waals surface area (Å²) in [7, 11) is 1.93. The molecular formula is C54H89N9O9. The highest BCUT2D eigenvalue weighted by atomic mass is 16.6. The van der Waals surface area contributed by atoms with Gasteiger partial charge in [0.15, 0.2) is 0 Å². The molecule has 2 rings (SSSR count). The van der Waals surface area contributed by atoms with Crippen molar-refractivity contribution >= 4 is 41.5 Å². The van der Waals surface area contributed by atoms with Crippen molar-refractivity contribution in [3.63, 3.8) is 0 Å². The second-order valence-electron chi connectivity index (χ2n) is 21.0. The van der Waals surface area contributed by atoms with Crippen LogP contribution in [0.4, 0.5) is 4.79 Å². The summed E-state index contributed by atoms with van der Waals surface area (Å²) in [5.41, 5.74) is 1.53. The molecule has 0 bridgehead atoms. The Morgan fingerprint density at radius 1 is 0.611 bits per heavy atom. The number of hydrogen-bond acceptors (Lipinski definition) is 11. The molecule has 0 saturated heterocycles. The van der Waals surface area contributed by atoms with E-state index >= 15 is 0 Å². The molecule has 0 heterocycles. The van der Waals surface area contributed by atoms with E-state index in [2.05, 4.69) is 81.6 Å². The zero-order valence-corrected chi connectivity index (χ0v) is 45.4. The third-order valence-electron chi connectivity index (χ3n) is 12.0. The van der Waals surface area contributed by atoms with E-state index in [9.17, 15) is 38.7 Å². The summed E-state index contributed by atoms with van der Waals surface area (Å²) in [4.78, 5) is 98.7. The van der Waals surface area contributed by atoms with Crippen LogP contribution in [0.3, 0.4) is 0 Å². The van der Waals surface area contributed by atoms with Gasteiger partial charge in [-0.15, -0.1) is 0 Å². The van der Waals surface area contributed by atoms with Crippen LogP contribution in [-0.2, 0) is 40.5 Å². The number of aliphatic hydroxyl groups excluding tert-OH is 1. The van der Waals surface area contributed by atoms with Crippen LogP contribution in [0.25, 0.3) is 0 Å². The summed E-state index contributed by atoms with van der Waals surface area (Å²) < 4.78 is 5.26. The Kier molecular flexibility index (Phi) is 27.6. The number of nitrogens with zero attached hydrogens (tertiary/aromatic N) is 2. The minimum atomic E-state index is -1.29. The van der Waals surface area contributed by atoms with Crippen LogP contribution < -0.4 is 37.2 Å². The molecule has 18 nitrogen and oxygen atoms in total. The first-order valence-electron chi connectivity index (χ1n) is 25.8. The second kappa shape index (κ2) is 31.8. The van der Waals surface area contributed by atoms with E-state index in [-0.39, 0.29) is 37.1 Å². The summed E-state index contributed by atoms with van der Waals surface area (Å²) in [6.45, 7) is 24.9. The van der Waals surface area contributed by atoms with E-state index in [1.165, 1.54) is 6.92 Å². The Bertz CT molecular complexity index is 1980. The number of hydrogen-bond donors (Lipinski definition) is 8. The average Bonchev–Trinajstić information content (AvgIpc) is 3.31. The molecule has 8 N–H and O–H groups in total. The summed E-state index contributed by atoms with van der Waals surface area (Å²) in [6, 6.07) is 10.7. The van der Waals surface area contributed by atoms with Crippen molar-refractivity contribution in [2.24, 2.45) is 5.92 Å². The lowest BCUT2D eigenvalue weighted by atomic mass is 9.86. The molecule has 7 amide bonds. The van der Waals surface area contributed by atoms with Gasteiger partial charge < -0.3 is 56.9 Å². The monoisotopic (exact) mass is 1010 g/mol. The highest BCUT2D eigenvalue weighted by molar-refractivity contribution is 5.99. The van der Waals surface area contributed by atoms with Gasteiger partial charge >= 0.3 is 6.09 Å². The Morgan fingerprint density at radius 3 is 1.72 bits per heavy atom. The van der Waals surface area contributed by atoms with Crippen LogP contribution in [0.1, 0.15) is 136 Å². The van der Waals surface area contributed by atoms with Gasteiger partial charge in [-0.25, -0.2) is 4.79 Å². The zero-order chi connectivity index (χ0) is 54.0. The molecule has 5 atom stereocenters.